The van der Waals surface area contributed by atoms with Crippen molar-refractivity contribution in [1.29, 1.82) is 0 Å². The van der Waals surface area contributed by atoms with E-state index in [-0.39, 0.29) is 18.5 Å². The van der Waals surface area contributed by atoms with Crippen molar-refractivity contribution in [2.24, 2.45) is 0 Å². The normalized spacial score (nSPS) is 11.9. The number of nitrogens with zero attached hydrogens (tertiary/aromatic N) is 1. The first-order valence-corrected chi connectivity index (χ1v) is 7.46. The minimum atomic E-state index is -0.442. The molecule has 1 rings (SSSR count). The van der Waals surface area contributed by atoms with Crippen molar-refractivity contribution < 1.29 is 14.5 Å². The van der Waals surface area contributed by atoms with Gasteiger partial charge in [-0.2, -0.15) is 0 Å². The number of rotatable bonds is 6. The average molecular weight is 307 g/mol. The monoisotopic (exact) mass is 307 g/mol. The highest BCUT2D eigenvalue weighted by Crippen LogP contribution is 2.11. The predicted octanol–water partition coefficient (Wildman–Crippen LogP) is 0.00150. The summed E-state index contributed by atoms with van der Waals surface area (Å²) in [6.45, 7) is 4.67. The Balaban J connectivity index is 2.43. The zero-order valence-corrected chi connectivity index (χ0v) is 14.1. The van der Waals surface area contributed by atoms with Crippen molar-refractivity contribution in [1.82, 2.24) is 10.6 Å². The van der Waals surface area contributed by atoms with Crippen LogP contribution in [0.2, 0.25) is 0 Å². The third-order valence-electron chi connectivity index (χ3n) is 3.09. The summed E-state index contributed by atoms with van der Waals surface area (Å²) in [6, 6.07) is 7.79. The van der Waals surface area contributed by atoms with Gasteiger partial charge in [-0.15, -0.1) is 0 Å². The Kier molecular flexibility index (Phi) is 6.85. The van der Waals surface area contributed by atoms with Crippen LogP contribution in [0.25, 0.3) is 0 Å². The van der Waals surface area contributed by atoms with E-state index in [0.29, 0.717) is 0 Å². The number of anilines is 1. The first kappa shape index (κ1) is 18.0. The third kappa shape index (κ3) is 6.58. The summed E-state index contributed by atoms with van der Waals surface area (Å²) in [5.74, 6) is -0.277. The average Bonchev–Trinajstić information content (AvgIpc) is 2.37. The lowest BCUT2D eigenvalue weighted by Gasteiger charge is -2.16. The summed E-state index contributed by atoms with van der Waals surface area (Å²) in [6.07, 6.45) is 0. The SMILES string of the molecule is CC(C)NC(=O)NC(=O)C[NH+](C)Cc1ccc(N(C)C)cc1. The fraction of sp³-hybridized carbons (Fsp3) is 0.500. The molecule has 0 aliphatic rings. The van der Waals surface area contributed by atoms with E-state index in [1.165, 1.54) is 0 Å². The number of carbonyl (C=O) groups excluding carboxylic acids is 2. The maximum atomic E-state index is 11.8. The fourth-order valence-corrected chi connectivity index (χ4v) is 2.07. The number of hydrogen-bond acceptors (Lipinski definition) is 3. The first-order valence-electron chi connectivity index (χ1n) is 7.46. The topological polar surface area (TPSA) is 65.9 Å². The van der Waals surface area contributed by atoms with Crippen LogP contribution in [0, 0.1) is 0 Å². The quantitative estimate of drug-likeness (QED) is 0.693. The molecule has 0 spiro atoms. The van der Waals surface area contributed by atoms with Gasteiger partial charge in [-0.3, -0.25) is 10.1 Å². The highest BCUT2D eigenvalue weighted by atomic mass is 16.2. The summed E-state index contributed by atoms with van der Waals surface area (Å²) >= 11 is 0. The van der Waals surface area contributed by atoms with Crippen LogP contribution in [-0.2, 0) is 11.3 Å². The molecule has 1 unspecified atom stereocenters. The standard InChI is InChI=1S/C16H26N4O2/c1-12(2)17-16(22)18-15(21)11-20(5)10-13-6-8-14(9-7-13)19(3)4/h6-9,12H,10-11H2,1-5H3,(H2,17,18,21,22)/p+1. The lowest BCUT2D eigenvalue weighted by molar-refractivity contribution is -0.885. The summed E-state index contributed by atoms with van der Waals surface area (Å²) in [4.78, 5) is 26.3. The number of amides is 3. The van der Waals surface area contributed by atoms with E-state index < -0.39 is 6.03 Å². The Morgan fingerprint density at radius 3 is 2.27 bits per heavy atom. The van der Waals surface area contributed by atoms with Crippen molar-refractivity contribution in [3.8, 4) is 0 Å². The molecule has 0 bridgehead atoms. The van der Waals surface area contributed by atoms with Crippen molar-refractivity contribution in [3.05, 3.63) is 29.8 Å². The van der Waals surface area contributed by atoms with Gasteiger partial charge in [0.25, 0.3) is 5.91 Å². The smallest absolute Gasteiger partial charge is 0.321 e. The number of nitrogens with one attached hydrogen (secondary N) is 3. The van der Waals surface area contributed by atoms with E-state index in [9.17, 15) is 9.59 Å². The van der Waals surface area contributed by atoms with Gasteiger partial charge in [-0.25, -0.2) is 4.79 Å². The molecule has 0 fully saturated rings. The van der Waals surface area contributed by atoms with E-state index in [2.05, 4.69) is 34.9 Å². The Hall–Kier alpha value is -2.08. The second-order valence-electron chi connectivity index (χ2n) is 6.05. The third-order valence-corrected chi connectivity index (χ3v) is 3.09. The number of quaternary nitrogens is 1. The Bertz CT molecular complexity index is 497. The van der Waals surface area contributed by atoms with Gasteiger partial charge in [-0.1, -0.05) is 12.1 Å². The van der Waals surface area contributed by atoms with Gasteiger partial charge in [0.05, 0.1) is 7.05 Å². The molecule has 1 aromatic carbocycles. The lowest BCUT2D eigenvalue weighted by Crippen LogP contribution is -3.09. The van der Waals surface area contributed by atoms with Crippen LogP contribution in [-0.4, -0.2) is 45.7 Å². The molecule has 1 aromatic rings. The highest BCUT2D eigenvalue weighted by molar-refractivity contribution is 5.94. The first-order chi connectivity index (χ1) is 10.3. The fourth-order valence-electron chi connectivity index (χ4n) is 2.07. The van der Waals surface area contributed by atoms with Crippen LogP contribution in [0.3, 0.4) is 0 Å². The molecule has 0 radical (unpaired) electrons. The number of benzene rings is 1. The molecule has 0 aliphatic carbocycles. The number of imide groups is 1. The minimum Gasteiger partial charge on any atom is -0.378 e. The van der Waals surface area contributed by atoms with Crippen LogP contribution in [0.15, 0.2) is 24.3 Å². The van der Waals surface area contributed by atoms with E-state index in [4.69, 9.17) is 0 Å². The molecule has 3 N–H and O–H groups in total. The predicted molar refractivity (Wildman–Crippen MR) is 88.0 cm³/mol. The van der Waals surface area contributed by atoms with Crippen LogP contribution in [0.1, 0.15) is 19.4 Å². The molecule has 0 saturated heterocycles. The molecule has 6 nitrogen and oxygen atoms in total. The Morgan fingerprint density at radius 2 is 1.77 bits per heavy atom. The van der Waals surface area contributed by atoms with Gasteiger partial charge in [-0.05, 0) is 26.0 Å². The molecular formula is C16H27N4O2+. The van der Waals surface area contributed by atoms with Crippen LogP contribution in [0.4, 0.5) is 10.5 Å². The van der Waals surface area contributed by atoms with E-state index in [1.807, 2.05) is 39.9 Å². The molecule has 1 atom stereocenters. The van der Waals surface area contributed by atoms with Gasteiger partial charge in [0.1, 0.15) is 6.54 Å². The largest absolute Gasteiger partial charge is 0.378 e. The zero-order valence-electron chi connectivity index (χ0n) is 14.1. The summed E-state index contributed by atoms with van der Waals surface area (Å²) in [7, 11) is 5.93. The summed E-state index contributed by atoms with van der Waals surface area (Å²) in [5, 5.41) is 4.96. The minimum absolute atomic E-state index is 0.00749. The molecule has 3 amide bonds. The molecule has 0 heterocycles. The number of hydrogen-bond donors (Lipinski definition) is 3. The van der Waals surface area contributed by atoms with Gasteiger partial charge in [0.2, 0.25) is 0 Å². The highest BCUT2D eigenvalue weighted by Gasteiger charge is 2.14. The Morgan fingerprint density at radius 1 is 1.18 bits per heavy atom. The molecular weight excluding hydrogens is 280 g/mol. The molecule has 6 heteroatoms. The molecule has 0 aromatic heterocycles. The van der Waals surface area contributed by atoms with Crippen LogP contribution in [0.5, 0.6) is 0 Å². The number of urea groups is 1. The zero-order chi connectivity index (χ0) is 16.7. The second kappa shape index (κ2) is 8.38. The van der Waals surface area contributed by atoms with Crippen molar-refractivity contribution in [3.63, 3.8) is 0 Å². The number of likely N-dealkylation sites (N-methyl/N-ethyl adjacent to an activating group) is 1. The summed E-state index contributed by atoms with van der Waals surface area (Å²) < 4.78 is 0. The molecule has 0 saturated carbocycles. The van der Waals surface area contributed by atoms with Gasteiger partial charge in [0.15, 0.2) is 6.54 Å². The van der Waals surface area contributed by atoms with Crippen molar-refractivity contribution in [2.45, 2.75) is 26.4 Å². The van der Waals surface area contributed by atoms with Crippen molar-refractivity contribution >= 4 is 17.6 Å². The lowest BCUT2D eigenvalue weighted by atomic mass is 10.2. The van der Waals surface area contributed by atoms with Gasteiger partial charge >= 0.3 is 6.03 Å². The van der Waals surface area contributed by atoms with Crippen molar-refractivity contribution in [2.75, 3.05) is 32.6 Å². The number of carbonyl (C=O) groups is 2. The van der Waals surface area contributed by atoms with E-state index >= 15 is 0 Å². The Labute approximate surface area is 132 Å². The van der Waals surface area contributed by atoms with Gasteiger partial charge in [0, 0.05) is 31.4 Å². The molecule has 22 heavy (non-hydrogen) atoms. The summed E-state index contributed by atoms with van der Waals surface area (Å²) in [5.41, 5.74) is 2.30. The van der Waals surface area contributed by atoms with Crippen LogP contribution >= 0.6 is 0 Å². The maximum Gasteiger partial charge on any atom is 0.321 e. The molecule has 122 valence electrons. The second-order valence-corrected chi connectivity index (χ2v) is 6.05. The van der Waals surface area contributed by atoms with Crippen LogP contribution < -0.4 is 20.4 Å². The van der Waals surface area contributed by atoms with E-state index in [0.717, 1.165) is 22.7 Å². The molecule has 0 aliphatic heterocycles. The van der Waals surface area contributed by atoms with E-state index in [1.54, 1.807) is 0 Å². The maximum absolute atomic E-state index is 11.8. The van der Waals surface area contributed by atoms with Gasteiger partial charge < -0.3 is 15.1 Å².